The molecule has 1 saturated heterocycles. The van der Waals surface area contributed by atoms with E-state index in [1.54, 1.807) is 19.9 Å². The molecule has 2 heterocycles. The Morgan fingerprint density at radius 3 is 2.39 bits per heavy atom. The van der Waals surface area contributed by atoms with E-state index >= 15 is 0 Å². The van der Waals surface area contributed by atoms with Crippen molar-refractivity contribution >= 4 is 5.69 Å². The molecule has 1 aliphatic rings. The molecule has 2 rings (SSSR count). The van der Waals surface area contributed by atoms with Gasteiger partial charge in [0.25, 0.3) is 0 Å². The fourth-order valence-corrected chi connectivity index (χ4v) is 3.14. The van der Waals surface area contributed by atoms with Crippen LogP contribution in [0.3, 0.4) is 0 Å². The molecule has 0 aliphatic carbocycles. The number of aromatic nitrogens is 1. The Morgan fingerprint density at radius 1 is 1.19 bits per heavy atom. The van der Waals surface area contributed by atoms with Crippen LogP contribution in [0.15, 0.2) is 66.1 Å². The van der Waals surface area contributed by atoms with E-state index in [0.29, 0.717) is 35.5 Å². The number of alkyl halides is 6. The predicted octanol–water partition coefficient (Wildman–Crippen LogP) is 6.41. The van der Waals surface area contributed by atoms with Crippen LogP contribution in [0, 0.1) is 5.92 Å². The predicted molar refractivity (Wildman–Crippen MR) is 109 cm³/mol. The summed E-state index contributed by atoms with van der Waals surface area (Å²) in [6.45, 7) is 11.2. The van der Waals surface area contributed by atoms with Gasteiger partial charge in [-0.05, 0) is 54.2 Å². The van der Waals surface area contributed by atoms with E-state index in [1.165, 1.54) is 6.07 Å². The summed E-state index contributed by atoms with van der Waals surface area (Å²) in [6.07, 6.45) is -3.78. The van der Waals surface area contributed by atoms with Crippen molar-refractivity contribution in [2.75, 3.05) is 11.9 Å². The van der Waals surface area contributed by atoms with Crippen LogP contribution in [-0.2, 0) is 6.18 Å². The number of anilines is 1. The van der Waals surface area contributed by atoms with E-state index in [2.05, 4.69) is 28.8 Å². The first-order valence-corrected chi connectivity index (χ1v) is 9.71. The number of piperidine rings is 1. The number of hydrogen-bond donors (Lipinski definition) is 2. The molecule has 0 saturated carbocycles. The van der Waals surface area contributed by atoms with Crippen LogP contribution in [-0.4, -0.2) is 23.7 Å². The van der Waals surface area contributed by atoms with Crippen LogP contribution in [0.25, 0.3) is 0 Å². The van der Waals surface area contributed by atoms with Crippen LogP contribution >= 0.6 is 0 Å². The van der Waals surface area contributed by atoms with Gasteiger partial charge in [-0.15, -0.1) is 0 Å². The third kappa shape index (κ3) is 6.90. The molecule has 3 nitrogen and oxygen atoms in total. The average molecular weight is 445 g/mol. The summed E-state index contributed by atoms with van der Waals surface area (Å²) in [5, 5.41) is 6.33. The maximum atomic E-state index is 12.9. The fraction of sp³-hybridized carbons (Fsp3) is 0.409. The van der Waals surface area contributed by atoms with Crippen molar-refractivity contribution in [1.29, 1.82) is 0 Å². The molecule has 1 aromatic rings. The van der Waals surface area contributed by atoms with E-state index in [4.69, 9.17) is 0 Å². The summed E-state index contributed by atoms with van der Waals surface area (Å²) in [6, 6.07) is 1.91. The second-order valence-corrected chi connectivity index (χ2v) is 7.60. The summed E-state index contributed by atoms with van der Waals surface area (Å²) in [5.41, 5.74) is -0.0404. The summed E-state index contributed by atoms with van der Waals surface area (Å²) in [4.78, 5) is 3.44. The van der Waals surface area contributed by atoms with Gasteiger partial charge in [0.2, 0.25) is 0 Å². The lowest BCUT2D eigenvalue weighted by Crippen LogP contribution is -2.36. The van der Waals surface area contributed by atoms with Crippen LogP contribution < -0.4 is 10.6 Å². The van der Waals surface area contributed by atoms with Crippen molar-refractivity contribution in [3.05, 3.63) is 71.7 Å². The van der Waals surface area contributed by atoms with E-state index in [0.717, 1.165) is 24.8 Å². The molecule has 31 heavy (non-hydrogen) atoms. The topological polar surface area (TPSA) is 37.0 Å². The maximum absolute atomic E-state index is 12.9. The summed E-state index contributed by atoms with van der Waals surface area (Å²) < 4.78 is 76.8. The largest absolute Gasteiger partial charge is 0.433 e. The number of halogens is 6. The van der Waals surface area contributed by atoms with Gasteiger partial charge in [-0.3, -0.25) is 0 Å². The van der Waals surface area contributed by atoms with Gasteiger partial charge in [0.05, 0.1) is 17.9 Å². The molecule has 0 aromatic carbocycles. The Morgan fingerprint density at radius 2 is 1.87 bits per heavy atom. The van der Waals surface area contributed by atoms with Gasteiger partial charge >= 0.3 is 12.4 Å². The molecule has 170 valence electrons. The van der Waals surface area contributed by atoms with Crippen molar-refractivity contribution in [1.82, 2.24) is 10.3 Å². The van der Waals surface area contributed by atoms with Gasteiger partial charge in [0.15, 0.2) is 0 Å². The second kappa shape index (κ2) is 9.62. The third-order valence-corrected chi connectivity index (χ3v) is 4.79. The highest BCUT2D eigenvalue weighted by atomic mass is 19.4. The molecule has 0 bridgehead atoms. The molecule has 1 aromatic heterocycles. The lowest BCUT2D eigenvalue weighted by molar-refractivity contribution is -0.141. The maximum Gasteiger partial charge on any atom is 0.433 e. The smallest absolute Gasteiger partial charge is 0.387 e. The number of allylic oxidation sites excluding steroid dienone is 5. The van der Waals surface area contributed by atoms with Crippen LogP contribution in [0.2, 0.25) is 0 Å². The molecular weight excluding hydrogens is 420 g/mol. The third-order valence-electron chi connectivity index (χ3n) is 4.79. The lowest BCUT2D eigenvalue weighted by Gasteiger charge is -2.29. The number of nitrogens with zero attached hydrogens (tertiary/aromatic N) is 1. The minimum Gasteiger partial charge on any atom is -0.387 e. The van der Waals surface area contributed by atoms with Gasteiger partial charge in [0, 0.05) is 17.8 Å². The highest BCUT2D eigenvalue weighted by Crippen LogP contribution is 2.31. The minimum atomic E-state index is -4.53. The normalized spacial score (nSPS) is 19.3. The molecular formula is C22H25F6N3. The number of rotatable bonds is 6. The molecule has 1 fully saturated rings. The molecule has 1 aliphatic heterocycles. The monoisotopic (exact) mass is 445 g/mol. The first-order chi connectivity index (χ1) is 14.3. The fourth-order valence-electron chi connectivity index (χ4n) is 3.14. The first kappa shape index (κ1) is 24.6. The SMILES string of the molecule is C=C(/C=C1\NCCCC1Nc1ccc(C(F)(F)F)nc1)/C(=C/C(=C)C(F)(F)F)C(C)C. The van der Waals surface area contributed by atoms with Crippen molar-refractivity contribution in [2.45, 2.75) is 45.1 Å². The van der Waals surface area contributed by atoms with Gasteiger partial charge < -0.3 is 10.6 Å². The molecule has 1 atom stereocenters. The Balaban J connectivity index is 2.24. The van der Waals surface area contributed by atoms with E-state index in [9.17, 15) is 26.3 Å². The van der Waals surface area contributed by atoms with E-state index < -0.39 is 23.6 Å². The molecule has 2 N–H and O–H groups in total. The Kier molecular flexibility index (Phi) is 7.62. The van der Waals surface area contributed by atoms with Crippen molar-refractivity contribution in [2.24, 2.45) is 5.92 Å². The molecule has 0 amide bonds. The van der Waals surface area contributed by atoms with E-state index in [-0.39, 0.29) is 12.0 Å². The number of nitrogens with one attached hydrogen (secondary N) is 2. The zero-order valence-corrected chi connectivity index (χ0v) is 17.3. The second-order valence-electron chi connectivity index (χ2n) is 7.60. The molecule has 1 unspecified atom stereocenters. The summed E-state index contributed by atoms with van der Waals surface area (Å²) in [7, 11) is 0. The standard InChI is InChI=1S/C22H25F6N3/c1-13(2)17(11-15(4)21(23,24)25)14(3)10-19-18(6-5-9-29-19)31-16-7-8-20(30-12-16)22(26,27)28/h7-8,10-13,18,29,31H,3-6,9H2,1-2H3/b17-11+,19-10-. The Bertz CT molecular complexity index is 861. The first-order valence-electron chi connectivity index (χ1n) is 9.71. The van der Waals surface area contributed by atoms with Crippen LogP contribution in [0.1, 0.15) is 32.4 Å². The molecule has 0 radical (unpaired) electrons. The average Bonchev–Trinajstić information content (AvgIpc) is 2.66. The zero-order valence-electron chi connectivity index (χ0n) is 17.3. The molecule has 0 spiro atoms. The summed E-state index contributed by atoms with van der Waals surface area (Å²) in [5.74, 6) is -0.224. The van der Waals surface area contributed by atoms with Crippen LogP contribution in [0.4, 0.5) is 32.0 Å². The summed E-state index contributed by atoms with van der Waals surface area (Å²) >= 11 is 0. The zero-order chi connectivity index (χ0) is 23.4. The lowest BCUT2D eigenvalue weighted by atomic mass is 9.91. The van der Waals surface area contributed by atoms with E-state index in [1.807, 2.05) is 0 Å². The van der Waals surface area contributed by atoms with Gasteiger partial charge in [0.1, 0.15) is 5.69 Å². The highest BCUT2D eigenvalue weighted by molar-refractivity contribution is 5.48. The van der Waals surface area contributed by atoms with Gasteiger partial charge in [-0.25, -0.2) is 4.98 Å². The van der Waals surface area contributed by atoms with Gasteiger partial charge in [-0.2, -0.15) is 26.3 Å². The van der Waals surface area contributed by atoms with Crippen molar-refractivity contribution in [3.63, 3.8) is 0 Å². The van der Waals surface area contributed by atoms with Gasteiger partial charge in [-0.1, -0.05) is 27.0 Å². The van der Waals surface area contributed by atoms with Crippen molar-refractivity contribution < 1.29 is 26.3 Å². The number of hydrogen-bond acceptors (Lipinski definition) is 3. The Hall–Kier alpha value is -2.71. The van der Waals surface area contributed by atoms with Crippen LogP contribution in [0.5, 0.6) is 0 Å². The molecule has 9 heteroatoms. The quantitative estimate of drug-likeness (QED) is 0.393. The minimum absolute atomic E-state index is 0.224. The highest BCUT2D eigenvalue weighted by Gasteiger charge is 2.32. The van der Waals surface area contributed by atoms with Crippen molar-refractivity contribution in [3.8, 4) is 0 Å². The Labute approximate surface area is 177 Å². The number of pyridine rings is 1.